The molecule has 1 aliphatic rings. The molecule has 0 radical (unpaired) electrons. The van der Waals surface area contributed by atoms with Gasteiger partial charge in [-0.2, -0.15) is 0 Å². The second-order valence-corrected chi connectivity index (χ2v) is 5.53. The van der Waals surface area contributed by atoms with E-state index in [1.165, 1.54) is 18.5 Å². The van der Waals surface area contributed by atoms with E-state index in [1.54, 1.807) is 0 Å². The van der Waals surface area contributed by atoms with Crippen LogP contribution in [0.2, 0.25) is 0 Å². The summed E-state index contributed by atoms with van der Waals surface area (Å²) < 4.78 is 0. The van der Waals surface area contributed by atoms with E-state index in [-0.39, 0.29) is 30.7 Å². The van der Waals surface area contributed by atoms with Crippen LogP contribution in [-0.2, 0) is 4.79 Å². The molecule has 1 fully saturated rings. The van der Waals surface area contributed by atoms with Gasteiger partial charge < -0.3 is 15.5 Å². The van der Waals surface area contributed by atoms with Crippen molar-refractivity contribution in [2.75, 3.05) is 38.1 Å². The minimum absolute atomic E-state index is 0. The Morgan fingerprint density at radius 2 is 1.91 bits per heavy atom. The molecule has 0 bridgehead atoms. The topological polar surface area (TPSA) is 44.4 Å². The smallest absolute Gasteiger partial charge is 0.233 e. The van der Waals surface area contributed by atoms with E-state index in [9.17, 15) is 4.79 Å². The predicted octanol–water partition coefficient (Wildman–Crippen LogP) is 2.47. The number of hydrogen-bond acceptors (Lipinski definition) is 3. The van der Waals surface area contributed by atoms with Crippen molar-refractivity contribution in [2.24, 2.45) is 5.92 Å². The largest absolute Gasteiger partial charge is 0.375 e. The van der Waals surface area contributed by atoms with Crippen LogP contribution in [0, 0.1) is 5.92 Å². The normalized spacial score (nSPS) is 12.8. The van der Waals surface area contributed by atoms with Crippen LogP contribution in [0.5, 0.6) is 0 Å². The van der Waals surface area contributed by atoms with E-state index in [2.05, 4.69) is 34.7 Å². The fraction of sp³-hybridized carbons (Fsp3) is 0.562. The lowest BCUT2D eigenvalue weighted by molar-refractivity contribution is -0.120. The lowest BCUT2D eigenvalue weighted by Crippen LogP contribution is -2.36. The SMILES string of the molecule is CN(CCCNC(=O)CNCC1CC1)c1ccccc1.Cl.Cl. The minimum Gasteiger partial charge on any atom is -0.375 e. The molecule has 2 rings (SSSR count). The van der Waals surface area contributed by atoms with E-state index in [0.717, 1.165) is 32.0 Å². The second kappa shape index (κ2) is 11.6. The Kier molecular flexibility index (Phi) is 11.1. The molecule has 0 aliphatic heterocycles. The summed E-state index contributed by atoms with van der Waals surface area (Å²) in [6.07, 6.45) is 3.60. The molecule has 0 saturated heterocycles. The van der Waals surface area contributed by atoms with Gasteiger partial charge in [-0.05, 0) is 43.9 Å². The third-order valence-corrected chi connectivity index (χ3v) is 3.60. The summed E-state index contributed by atoms with van der Waals surface area (Å²) in [7, 11) is 2.08. The molecule has 2 N–H and O–H groups in total. The highest BCUT2D eigenvalue weighted by Gasteiger charge is 2.20. The average molecular weight is 348 g/mol. The number of rotatable bonds is 9. The zero-order valence-corrected chi connectivity index (χ0v) is 14.7. The number of carbonyl (C=O) groups excluding carboxylic acids is 1. The van der Waals surface area contributed by atoms with Crippen LogP contribution < -0.4 is 15.5 Å². The van der Waals surface area contributed by atoms with Crippen LogP contribution in [0.25, 0.3) is 0 Å². The van der Waals surface area contributed by atoms with Crippen molar-refractivity contribution < 1.29 is 4.79 Å². The van der Waals surface area contributed by atoms with Crippen molar-refractivity contribution in [1.82, 2.24) is 10.6 Å². The van der Waals surface area contributed by atoms with Crippen LogP contribution in [0.3, 0.4) is 0 Å². The maximum atomic E-state index is 11.6. The first-order valence-corrected chi connectivity index (χ1v) is 7.49. The lowest BCUT2D eigenvalue weighted by atomic mass is 10.3. The molecule has 126 valence electrons. The molecule has 1 aromatic carbocycles. The average Bonchev–Trinajstić information content (AvgIpc) is 3.28. The van der Waals surface area contributed by atoms with Gasteiger partial charge in [0.25, 0.3) is 0 Å². The van der Waals surface area contributed by atoms with Gasteiger partial charge in [-0.1, -0.05) is 18.2 Å². The summed E-state index contributed by atoms with van der Waals surface area (Å²) in [4.78, 5) is 13.8. The maximum absolute atomic E-state index is 11.6. The third kappa shape index (κ3) is 8.47. The number of nitrogens with zero attached hydrogens (tertiary/aromatic N) is 1. The Bertz CT molecular complexity index is 413. The number of nitrogens with one attached hydrogen (secondary N) is 2. The highest BCUT2D eigenvalue weighted by molar-refractivity contribution is 5.85. The molecule has 0 spiro atoms. The van der Waals surface area contributed by atoms with Crippen LogP contribution in [-0.4, -0.2) is 39.1 Å². The molecule has 0 heterocycles. The minimum atomic E-state index is 0. The quantitative estimate of drug-likeness (QED) is 0.674. The number of hydrogen-bond donors (Lipinski definition) is 2. The Morgan fingerprint density at radius 1 is 1.23 bits per heavy atom. The van der Waals surface area contributed by atoms with Gasteiger partial charge in [-0.25, -0.2) is 0 Å². The fourth-order valence-corrected chi connectivity index (χ4v) is 2.13. The number of anilines is 1. The van der Waals surface area contributed by atoms with E-state index < -0.39 is 0 Å². The first-order valence-electron chi connectivity index (χ1n) is 7.49. The summed E-state index contributed by atoms with van der Waals surface area (Å²) in [5, 5.41) is 6.16. The van der Waals surface area contributed by atoms with Gasteiger partial charge in [0.2, 0.25) is 5.91 Å². The molecule has 1 aliphatic carbocycles. The van der Waals surface area contributed by atoms with Crippen molar-refractivity contribution in [3.63, 3.8) is 0 Å². The van der Waals surface area contributed by atoms with Gasteiger partial charge in [-0.3, -0.25) is 4.79 Å². The predicted molar refractivity (Wildman–Crippen MR) is 97.4 cm³/mol. The monoisotopic (exact) mass is 347 g/mol. The summed E-state index contributed by atoms with van der Waals surface area (Å²) in [5.41, 5.74) is 1.21. The van der Waals surface area contributed by atoms with Crippen LogP contribution in [0.15, 0.2) is 30.3 Å². The van der Waals surface area contributed by atoms with Gasteiger partial charge in [-0.15, -0.1) is 24.8 Å². The Balaban J connectivity index is 0.00000220. The van der Waals surface area contributed by atoms with E-state index in [0.29, 0.717) is 6.54 Å². The summed E-state index contributed by atoms with van der Waals surface area (Å²) in [6.45, 7) is 3.12. The van der Waals surface area contributed by atoms with Crippen LogP contribution in [0.4, 0.5) is 5.69 Å². The maximum Gasteiger partial charge on any atom is 0.233 e. The van der Waals surface area contributed by atoms with Crippen molar-refractivity contribution in [3.05, 3.63) is 30.3 Å². The first kappa shape index (κ1) is 21.0. The molecule has 0 atom stereocenters. The number of amides is 1. The molecule has 4 nitrogen and oxygen atoms in total. The molecular weight excluding hydrogens is 321 g/mol. The number of para-hydroxylation sites is 1. The Morgan fingerprint density at radius 3 is 2.55 bits per heavy atom. The zero-order chi connectivity index (χ0) is 14.2. The molecule has 6 heteroatoms. The molecule has 22 heavy (non-hydrogen) atoms. The molecule has 1 aromatic rings. The van der Waals surface area contributed by atoms with E-state index in [4.69, 9.17) is 0 Å². The van der Waals surface area contributed by atoms with Crippen molar-refractivity contribution in [2.45, 2.75) is 19.3 Å². The molecular formula is C16H27Cl2N3O. The standard InChI is InChI=1S/C16H25N3O.2ClH/c1-19(15-6-3-2-4-7-15)11-5-10-18-16(20)13-17-12-14-8-9-14;;/h2-4,6-7,14,17H,5,8-13H2,1H3,(H,18,20);2*1H. The molecule has 0 aromatic heterocycles. The van der Waals surface area contributed by atoms with Gasteiger partial charge in [0.1, 0.15) is 0 Å². The van der Waals surface area contributed by atoms with Crippen molar-refractivity contribution in [1.29, 1.82) is 0 Å². The summed E-state index contributed by atoms with van der Waals surface area (Å²) in [5.74, 6) is 0.926. The van der Waals surface area contributed by atoms with Crippen LogP contribution >= 0.6 is 24.8 Å². The van der Waals surface area contributed by atoms with Crippen molar-refractivity contribution >= 4 is 36.4 Å². The van der Waals surface area contributed by atoms with Crippen molar-refractivity contribution in [3.8, 4) is 0 Å². The highest BCUT2D eigenvalue weighted by atomic mass is 35.5. The second-order valence-electron chi connectivity index (χ2n) is 5.53. The van der Waals surface area contributed by atoms with Gasteiger partial charge >= 0.3 is 0 Å². The van der Waals surface area contributed by atoms with E-state index in [1.807, 2.05) is 18.2 Å². The highest BCUT2D eigenvalue weighted by Crippen LogP contribution is 2.27. The van der Waals surface area contributed by atoms with Gasteiger partial charge in [0, 0.05) is 25.8 Å². The Labute approximate surface area is 145 Å². The number of halogens is 2. The third-order valence-electron chi connectivity index (χ3n) is 3.60. The van der Waals surface area contributed by atoms with Crippen LogP contribution in [0.1, 0.15) is 19.3 Å². The lowest BCUT2D eigenvalue weighted by Gasteiger charge is -2.19. The zero-order valence-electron chi connectivity index (χ0n) is 13.1. The fourth-order valence-electron chi connectivity index (χ4n) is 2.13. The summed E-state index contributed by atoms with van der Waals surface area (Å²) in [6, 6.07) is 10.3. The summed E-state index contributed by atoms with van der Waals surface area (Å²) >= 11 is 0. The van der Waals surface area contributed by atoms with Gasteiger partial charge in [0.15, 0.2) is 0 Å². The van der Waals surface area contributed by atoms with E-state index >= 15 is 0 Å². The molecule has 0 unspecified atom stereocenters. The number of carbonyl (C=O) groups is 1. The Hall–Kier alpha value is -0.970. The van der Waals surface area contributed by atoms with Gasteiger partial charge in [0.05, 0.1) is 6.54 Å². The molecule has 1 saturated carbocycles. The first-order chi connectivity index (χ1) is 9.75. The number of benzene rings is 1. The molecule has 1 amide bonds.